The van der Waals surface area contributed by atoms with Crippen LogP contribution in [0.3, 0.4) is 0 Å². The first-order valence-corrected chi connectivity index (χ1v) is 5.39. The molecule has 1 atom stereocenters. The first-order valence-electron chi connectivity index (χ1n) is 5.39. The van der Waals surface area contributed by atoms with E-state index in [9.17, 15) is 0 Å². The predicted octanol–water partition coefficient (Wildman–Crippen LogP) is 4.44. The fourth-order valence-electron chi connectivity index (χ4n) is 1.46. The largest absolute Gasteiger partial charge is 0.0699 e. The van der Waals surface area contributed by atoms with Crippen LogP contribution in [-0.2, 0) is 0 Å². The minimum atomic E-state index is 0.689. The van der Waals surface area contributed by atoms with Crippen LogP contribution in [0.2, 0.25) is 0 Å². The molecule has 0 aliphatic carbocycles. The summed E-state index contributed by atoms with van der Waals surface area (Å²) in [5.41, 5.74) is 4.18. The number of benzene rings is 1. The van der Waals surface area contributed by atoms with Crippen LogP contribution in [0.25, 0.3) is 6.08 Å². The molecule has 0 aromatic heterocycles. The highest BCUT2D eigenvalue weighted by Crippen LogP contribution is 2.18. The van der Waals surface area contributed by atoms with Crippen molar-refractivity contribution in [2.45, 2.75) is 34.1 Å². The number of aryl methyl sites for hydroxylation is 1. The van der Waals surface area contributed by atoms with Crippen molar-refractivity contribution in [3.63, 3.8) is 0 Å². The summed E-state index contributed by atoms with van der Waals surface area (Å²) in [7, 11) is 0. The van der Waals surface area contributed by atoms with Crippen LogP contribution in [0.4, 0.5) is 0 Å². The smallest absolute Gasteiger partial charge is 0.0228 e. The average molecular weight is 188 g/mol. The maximum atomic E-state index is 2.31. The average Bonchev–Trinajstić information content (AvgIpc) is 2.20. The Bertz CT molecular complexity index is 321. The Morgan fingerprint density at radius 3 is 2.57 bits per heavy atom. The zero-order valence-electron chi connectivity index (χ0n) is 9.67. The Morgan fingerprint density at radius 1 is 1.36 bits per heavy atom. The van der Waals surface area contributed by atoms with E-state index in [4.69, 9.17) is 0 Å². The van der Waals surface area contributed by atoms with Crippen molar-refractivity contribution in [1.29, 1.82) is 0 Å². The lowest BCUT2D eigenvalue weighted by molar-refractivity contribution is 0.660. The monoisotopic (exact) mass is 188 g/mol. The second kappa shape index (κ2) is 4.99. The summed E-state index contributed by atoms with van der Waals surface area (Å²) >= 11 is 0. The molecule has 0 radical (unpaired) electrons. The van der Waals surface area contributed by atoms with Gasteiger partial charge in [-0.1, -0.05) is 49.8 Å². The third-order valence-electron chi connectivity index (χ3n) is 2.96. The lowest BCUT2D eigenvalue weighted by Crippen LogP contribution is -1.93. The van der Waals surface area contributed by atoms with Crippen LogP contribution in [0, 0.1) is 12.8 Å². The van der Waals surface area contributed by atoms with Crippen molar-refractivity contribution < 1.29 is 0 Å². The van der Waals surface area contributed by atoms with E-state index < -0.39 is 0 Å². The van der Waals surface area contributed by atoms with Crippen molar-refractivity contribution >= 4 is 6.08 Å². The van der Waals surface area contributed by atoms with E-state index >= 15 is 0 Å². The van der Waals surface area contributed by atoms with E-state index in [2.05, 4.69) is 58.0 Å². The molecule has 1 unspecified atom stereocenters. The molecule has 0 amide bonds. The topological polar surface area (TPSA) is 0 Å². The summed E-state index contributed by atoms with van der Waals surface area (Å²) in [5, 5.41) is 0. The number of hydrogen-bond acceptors (Lipinski definition) is 0. The lowest BCUT2D eigenvalue weighted by Gasteiger charge is -2.09. The van der Waals surface area contributed by atoms with Gasteiger partial charge in [0.15, 0.2) is 0 Å². The van der Waals surface area contributed by atoms with Crippen molar-refractivity contribution in [1.82, 2.24) is 0 Å². The molecular formula is C14H20. The maximum absolute atomic E-state index is 2.31. The molecule has 1 aromatic carbocycles. The van der Waals surface area contributed by atoms with Gasteiger partial charge in [0.2, 0.25) is 0 Å². The van der Waals surface area contributed by atoms with Crippen LogP contribution in [0.15, 0.2) is 29.8 Å². The zero-order valence-corrected chi connectivity index (χ0v) is 9.67. The molecule has 76 valence electrons. The molecule has 14 heavy (non-hydrogen) atoms. The maximum Gasteiger partial charge on any atom is -0.0228 e. The SMILES string of the molecule is CCC(C)/C(C)=C\c1ccccc1C. The molecule has 0 aliphatic rings. The Balaban J connectivity index is 2.91. The molecule has 0 nitrogen and oxygen atoms in total. The fraction of sp³-hybridized carbons (Fsp3) is 0.429. The van der Waals surface area contributed by atoms with Gasteiger partial charge in [0.1, 0.15) is 0 Å². The van der Waals surface area contributed by atoms with Crippen LogP contribution >= 0.6 is 0 Å². The van der Waals surface area contributed by atoms with Gasteiger partial charge < -0.3 is 0 Å². The van der Waals surface area contributed by atoms with Crippen LogP contribution < -0.4 is 0 Å². The van der Waals surface area contributed by atoms with Crippen molar-refractivity contribution in [2.24, 2.45) is 5.92 Å². The van der Waals surface area contributed by atoms with Crippen molar-refractivity contribution in [2.75, 3.05) is 0 Å². The molecule has 1 rings (SSSR count). The molecule has 0 heterocycles. The Hall–Kier alpha value is -1.04. The predicted molar refractivity (Wildman–Crippen MR) is 64.3 cm³/mol. The molecule has 0 aliphatic heterocycles. The minimum Gasteiger partial charge on any atom is -0.0699 e. The molecule has 0 saturated heterocycles. The third kappa shape index (κ3) is 2.73. The summed E-state index contributed by atoms with van der Waals surface area (Å²) in [4.78, 5) is 0. The number of hydrogen-bond donors (Lipinski definition) is 0. The van der Waals surface area contributed by atoms with Gasteiger partial charge in [-0.05, 0) is 37.3 Å². The van der Waals surface area contributed by atoms with Crippen LogP contribution in [-0.4, -0.2) is 0 Å². The Morgan fingerprint density at radius 2 is 2.00 bits per heavy atom. The zero-order chi connectivity index (χ0) is 10.6. The highest BCUT2D eigenvalue weighted by atomic mass is 14.1. The Kier molecular flexibility index (Phi) is 3.94. The van der Waals surface area contributed by atoms with Gasteiger partial charge in [0, 0.05) is 0 Å². The molecule has 0 fully saturated rings. The van der Waals surface area contributed by atoms with Gasteiger partial charge in [-0.3, -0.25) is 0 Å². The minimum absolute atomic E-state index is 0.689. The molecule has 0 saturated carbocycles. The van der Waals surface area contributed by atoms with Gasteiger partial charge >= 0.3 is 0 Å². The molecule has 0 spiro atoms. The molecular weight excluding hydrogens is 168 g/mol. The van der Waals surface area contributed by atoms with Crippen LogP contribution in [0.1, 0.15) is 38.3 Å². The first-order chi connectivity index (χ1) is 6.65. The van der Waals surface area contributed by atoms with Gasteiger partial charge in [0.05, 0.1) is 0 Å². The van der Waals surface area contributed by atoms with E-state index in [1.165, 1.54) is 23.1 Å². The molecule has 0 bridgehead atoms. The summed E-state index contributed by atoms with van der Waals surface area (Å²) < 4.78 is 0. The molecule has 0 N–H and O–H groups in total. The van der Waals surface area contributed by atoms with Gasteiger partial charge in [-0.25, -0.2) is 0 Å². The van der Waals surface area contributed by atoms with Crippen molar-refractivity contribution in [3.05, 3.63) is 41.0 Å². The number of rotatable bonds is 3. The first kappa shape index (κ1) is 11.0. The summed E-state index contributed by atoms with van der Waals surface area (Å²) in [6.07, 6.45) is 3.53. The second-order valence-corrected chi connectivity index (χ2v) is 4.05. The van der Waals surface area contributed by atoms with Gasteiger partial charge in [0.25, 0.3) is 0 Å². The highest BCUT2D eigenvalue weighted by molar-refractivity contribution is 5.56. The lowest BCUT2D eigenvalue weighted by atomic mass is 9.96. The summed E-state index contributed by atoms with van der Waals surface area (Å²) in [6, 6.07) is 8.53. The van der Waals surface area contributed by atoms with Gasteiger partial charge in [-0.2, -0.15) is 0 Å². The van der Waals surface area contributed by atoms with Crippen molar-refractivity contribution in [3.8, 4) is 0 Å². The van der Waals surface area contributed by atoms with E-state index in [0.717, 1.165) is 0 Å². The summed E-state index contributed by atoms with van der Waals surface area (Å²) in [5.74, 6) is 0.689. The summed E-state index contributed by atoms with van der Waals surface area (Å²) in [6.45, 7) is 8.90. The second-order valence-electron chi connectivity index (χ2n) is 4.05. The number of allylic oxidation sites excluding steroid dienone is 1. The molecule has 0 heteroatoms. The highest BCUT2D eigenvalue weighted by Gasteiger charge is 2.01. The van der Waals surface area contributed by atoms with E-state index in [-0.39, 0.29) is 0 Å². The van der Waals surface area contributed by atoms with E-state index in [1.807, 2.05) is 0 Å². The quantitative estimate of drug-likeness (QED) is 0.657. The van der Waals surface area contributed by atoms with Gasteiger partial charge in [-0.15, -0.1) is 0 Å². The fourth-order valence-corrected chi connectivity index (χ4v) is 1.46. The molecule has 1 aromatic rings. The van der Waals surface area contributed by atoms with E-state index in [1.54, 1.807) is 0 Å². The Labute approximate surface area is 87.7 Å². The normalized spacial score (nSPS) is 14.1. The third-order valence-corrected chi connectivity index (χ3v) is 2.96. The van der Waals surface area contributed by atoms with E-state index in [0.29, 0.717) is 5.92 Å². The standard InChI is InChI=1S/C14H20/c1-5-11(2)13(4)10-14-9-7-6-8-12(14)3/h6-11H,5H2,1-4H3/b13-10-. The van der Waals surface area contributed by atoms with Crippen LogP contribution in [0.5, 0.6) is 0 Å².